The van der Waals surface area contributed by atoms with Crippen LogP contribution < -0.4 is 16.4 Å². The van der Waals surface area contributed by atoms with Crippen LogP contribution in [0.4, 0.5) is 4.39 Å². The highest BCUT2D eigenvalue weighted by Crippen LogP contribution is 2.17. The van der Waals surface area contributed by atoms with Crippen molar-refractivity contribution < 1.29 is 14.3 Å². The molecule has 2 aliphatic heterocycles. The number of hydrogen-bond donors (Lipinski definition) is 4. The molecule has 1 aromatic heterocycles. The summed E-state index contributed by atoms with van der Waals surface area (Å²) >= 11 is 0. The largest absolute Gasteiger partial charge is 0.374 e. The lowest BCUT2D eigenvalue weighted by Gasteiger charge is -2.25. The van der Waals surface area contributed by atoms with E-state index in [1.165, 1.54) is 6.07 Å². The van der Waals surface area contributed by atoms with Crippen LogP contribution in [0.3, 0.4) is 0 Å². The third kappa shape index (κ3) is 5.14. The first-order chi connectivity index (χ1) is 13.6. The van der Waals surface area contributed by atoms with Crippen LogP contribution in [-0.2, 0) is 11.2 Å². The highest BCUT2D eigenvalue weighted by molar-refractivity contribution is 5.95. The Labute approximate surface area is 163 Å². The van der Waals surface area contributed by atoms with Crippen LogP contribution in [0.2, 0.25) is 0 Å². The Balaban J connectivity index is 1.58. The lowest BCUT2D eigenvalue weighted by atomic mass is 10.2. The van der Waals surface area contributed by atoms with E-state index in [0.29, 0.717) is 17.9 Å². The summed E-state index contributed by atoms with van der Waals surface area (Å²) in [4.78, 5) is 22.9. The number of aliphatic hydroxyl groups excluding tert-OH is 1. The highest BCUT2D eigenvalue weighted by atomic mass is 19.1. The molecule has 5 N–H and O–H groups in total. The molecule has 1 aromatic rings. The van der Waals surface area contributed by atoms with Crippen LogP contribution in [0.25, 0.3) is 0 Å². The molecule has 0 spiro atoms. The van der Waals surface area contributed by atoms with Gasteiger partial charge in [-0.05, 0) is 43.9 Å². The first kappa shape index (κ1) is 20.0. The molecule has 150 valence electrons. The monoisotopic (exact) mass is 388 g/mol. The minimum atomic E-state index is -1.08. The number of rotatable bonds is 7. The van der Waals surface area contributed by atoms with Gasteiger partial charge in [-0.25, -0.2) is 9.38 Å². The maximum atomic E-state index is 12.9. The topological polar surface area (TPSA) is 116 Å². The summed E-state index contributed by atoms with van der Waals surface area (Å²) in [6.07, 6.45) is 6.45. The molecule has 0 saturated carbocycles. The molecule has 1 fully saturated rings. The second-order valence-electron chi connectivity index (χ2n) is 6.68. The van der Waals surface area contributed by atoms with Gasteiger partial charge in [0.15, 0.2) is 0 Å². The predicted octanol–water partition coefficient (Wildman–Crippen LogP) is 0.369. The number of aryl methyl sites for hydroxylation is 1. The Morgan fingerprint density at radius 2 is 2.18 bits per heavy atom. The average molecular weight is 388 g/mol. The van der Waals surface area contributed by atoms with Crippen LogP contribution in [0.5, 0.6) is 0 Å². The molecule has 0 aliphatic carbocycles. The molecule has 1 amide bonds. The Hall–Kier alpha value is -2.78. The number of nitrogens with zero attached hydrogens (tertiary/aromatic N) is 3. The summed E-state index contributed by atoms with van der Waals surface area (Å²) in [6, 6.07) is 2.85. The van der Waals surface area contributed by atoms with Crippen molar-refractivity contribution in [1.29, 1.82) is 0 Å². The molecule has 1 saturated heterocycles. The lowest BCUT2D eigenvalue weighted by Crippen LogP contribution is -2.40. The number of aliphatic hydroxyl groups is 1. The summed E-state index contributed by atoms with van der Waals surface area (Å²) in [5.41, 5.74) is 6.66. The first-order valence-electron chi connectivity index (χ1n) is 9.35. The van der Waals surface area contributed by atoms with Gasteiger partial charge in [0.1, 0.15) is 23.7 Å². The summed E-state index contributed by atoms with van der Waals surface area (Å²) in [6.45, 7) is 1.89. The van der Waals surface area contributed by atoms with Crippen molar-refractivity contribution in [3.63, 3.8) is 0 Å². The van der Waals surface area contributed by atoms with E-state index in [1.54, 1.807) is 12.3 Å². The maximum Gasteiger partial charge on any atom is 0.254 e. The number of hydrogen-bond acceptors (Lipinski definition) is 7. The van der Waals surface area contributed by atoms with E-state index in [2.05, 4.69) is 25.5 Å². The Bertz CT molecular complexity index is 784. The standard InChI is InChI=1S/C19H25FN6O2/c20-13-3-4-14(23-12-13)5-6-17(27)25-19(28)15(11-21)18-22-8-7-16(24-18)26-9-1-2-10-26/h3-4,7-8,12,17,24,27H,1-2,5-6,9-11,21H2,(H,25,28)/b18-15-. The number of allylic oxidation sites excluding steroid dienone is 1. The number of halogens is 1. The van der Waals surface area contributed by atoms with Gasteiger partial charge < -0.3 is 26.4 Å². The third-order valence-electron chi connectivity index (χ3n) is 4.65. The van der Waals surface area contributed by atoms with Gasteiger partial charge in [-0.1, -0.05) is 0 Å². The van der Waals surface area contributed by atoms with Crippen molar-refractivity contribution in [2.24, 2.45) is 10.7 Å². The minimum Gasteiger partial charge on any atom is -0.374 e. The van der Waals surface area contributed by atoms with Crippen molar-refractivity contribution >= 4 is 12.1 Å². The normalized spacial score (nSPS) is 19.1. The molecular weight excluding hydrogens is 363 g/mol. The molecule has 9 heteroatoms. The fourth-order valence-corrected chi connectivity index (χ4v) is 3.12. The zero-order valence-electron chi connectivity index (χ0n) is 15.6. The summed E-state index contributed by atoms with van der Waals surface area (Å²) in [7, 11) is 0. The van der Waals surface area contributed by atoms with E-state index in [1.807, 2.05) is 6.08 Å². The quantitative estimate of drug-likeness (QED) is 0.396. The van der Waals surface area contributed by atoms with Crippen molar-refractivity contribution in [2.45, 2.75) is 31.9 Å². The summed E-state index contributed by atoms with van der Waals surface area (Å²) in [5.74, 6) is 0.380. The van der Waals surface area contributed by atoms with Crippen LogP contribution in [-0.4, -0.2) is 53.0 Å². The van der Waals surface area contributed by atoms with Crippen molar-refractivity contribution in [3.05, 3.63) is 53.1 Å². The van der Waals surface area contributed by atoms with Gasteiger partial charge >= 0.3 is 0 Å². The second kappa shape index (κ2) is 9.43. The van der Waals surface area contributed by atoms with E-state index < -0.39 is 18.0 Å². The summed E-state index contributed by atoms with van der Waals surface area (Å²) < 4.78 is 12.9. The second-order valence-corrected chi connectivity index (χ2v) is 6.68. The van der Waals surface area contributed by atoms with E-state index >= 15 is 0 Å². The average Bonchev–Trinajstić information content (AvgIpc) is 3.23. The van der Waals surface area contributed by atoms with Crippen LogP contribution in [0.15, 0.2) is 46.6 Å². The Kier molecular flexibility index (Phi) is 6.72. The molecule has 2 aliphatic rings. The Morgan fingerprint density at radius 1 is 1.39 bits per heavy atom. The Morgan fingerprint density at radius 3 is 2.86 bits per heavy atom. The molecule has 28 heavy (non-hydrogen) atoms. The van der Waals surface area contributed by atoms with Gasteiger partial charge in [-0.3, -0.25) is 9.78 Å². The van der Waals surface area contributed by atoms with Gasteiger partial charge in [0.25, 0.3) is 5.91 Å². The van der Waals surface area contributed by atoms with Crippen molar-refractivity contribution in [3.8, 4) is 0 Å². The molecule has 0 radical (unpaired) electrons. The number of amides is 1. The number of aliphatic imine (C=N–C) groups is 1. The highest BCUT2D eigenvalue weighted by Gasteiger charge is 2.22. The molecule has 1 atom stereocenters. The van der Waals surface area contributed by atoms with E-state index in [-0.39, 0.29) is 18.5 Å². The first-order valence-corrected chi connectivity index (χ1v) is 9.35. The smallest absolute Gasteiger partial charge is 0.254 e. The zero-order chi connectivity index (χ0) is 19.9. The van der Waals surface area contributed by atoms with Gasteiger partial charge in [0.05, 0.1) is 11.8 Å². The SMILES string of the molecule is NC/C(C(=O)NC(O)CCc1ccc(F)cn1)=C1\N=CC=C(N2CCCC2)N1. The minimum absolute atomic E-state index is 0.0228. The summed E-state index contributed by atoms with van der Waals surface area (Å²) in [5, 5.41) is 15.8. The van der Waals surface area contributed by atoms with Crippen molar-refractivity contribution in [2.75, 3.05) is 19.6 Å². The number of carbonyl (C=O) groups excluding carboxylic acids is 1. The van der Waals surface area contributed by atoms with Crippen molar-refractivity contribution in [1.82, 2.24) is 20.5 Å². The molecule has 3 heterocycles. The fourth-order valence-electron chi connectivity index (χ4n) is 3.12. The van der Waals surface area contributed by atoms with Gasteiger partial charge in [0, 0.05) is 31.5 Å². The number of nitrogens with two attached hydrogens (primary N) is 1. The number of nitrogens with one attached hydrogen (secondary N) is 2. The molecule has 8 nitrogen and oxygen atoms in total. The zero-order valence-corrected chi connectivity index (χ0v) is 15.6. The maximum absolute atomic E-state index is 12.9. The van der Waals surface area contributed by atoms with Gasteiger partial charge in [0.2, 0.25) is 0 Å². The molecule has 1 unspecified atom stereocenters. The molecular formula is C19H25FN6O2. The molecule has 0 aromatic carbocycles. The number of pyridine rings is 1. The van der Waals surface area contributed by atoms with Gasteiger partial charge in [-0.15, -0.1) is 0 Å². The fraction of sp³-hybridized carbons (Fsp3) is 0.421. The molecule has 3 rings (SSSR count). The van der Waals surface area contributed by atoms with E-state index in [4.69, 9.17) is 5.73 Å². The van der Waals surface area contributed by atoms with Crippen LogP contribution in [0, 0.1) is 5.82 Å². The third-order valence-corrected chi connectivity index (χ3v) is 4.65. The van der Waals surface area contributed by atoms with Crippen LogP contribution in [0.1, 0.15) is 25.0 Å². The number of carbonyl (C=O) groups is 1. The number of likely N-dealkylation sites (tertiary alicyclic amines) is 1. The predicted molar refractivity (Wildman–Crippen MR) is 103 cm³/mol. The van der Waals surface area contributed by atoms with Crippen LogP contribution >= 0.6 is 0 Å². The van der Waals surface area contributed by atoms with E-state index in [9.17, 15) is 14.3 Å². The lowest BCUT2D eigenvalue weighted by molar-refractivity contribution is -0.120. The van der Waals surface area contributed by atoms with E-state index in [0.717, 1.165) is 37.9 Å². The number of aromatic nitrogens is 1. The molecule has 0 bridgehead atoms. The van der Waals surface area contributed by atoms with Gasteiger partial charge in [-0.2, -0.15) is 0 Å².